The molecular weight excluding hydrogens is 389 g/mol. The van der Waals surface area contributed by atoms with Crippen molar-refractivity contribution in [1.29, 1.82) is 0 Å². The first kappa shape index (κ1) is 20.9. The maximum atomic E-state index is 12.2. The van der Waals surface area contributed by atoms with Crippen molar-refractivity contribution in [2.75, 3.05) is 12.3 Å². The molecule has 26 heavy (non-hydrogen) atoms. The zero-order valence-corrected chi connectivity index (χ0v) is 17.5. The van der Waals surface area contributed by atoms with Crippen molar-refractivity contribution in [1.82, 2.24) is 5.32 Å². The van der Waals surface area contributed by atoms with Crippen molar-refractivity contribution < 1.29 is 9.53 Å². The first-order valence-electron chi connectivity index (χ1n) is 8.40. The summed E-state index contributed by atoms with van der Waals surface area (Å²) in [7, 11) is 0. The molecule has 6 heteroatoms. The highest BCUT2D eigenvalue weighted by atomic mass is 35.5. The van der Waals surface area contributed by atoms with Gasteiger partial charge in [-0.1, -0.05) is 41.4 Å². The fraction of sp³-hybridized carbons (Fsp3) is 0.350. The van der Waals surface area contributed by atoms with Crippen molar-refractivity contribution in [3.05, 3.63) is 63.1 Å². The van der Waals surface area contributed by atoms with E-state index < -0.39 is 6.10 Å². The van der Waals surface area contributed by atoms with Gasteiger partial charge in [0.1, 0.15) is 5.75 Å². The number of halogens is 2. The second-order valence-electron chi connectivity index (χ2n) is 6.05. The molecule has 1 N–H and O–H groups in total. The van der Waals surface area contributed by atoms with Crippen molar-refractivity contribution in [2.45, 2.75) is 32.6 Å². The van der Waals surface area contributed by atoms with Gasteiger partial charge < -0.3 is 10.1 Å². The second-order valence-corrected chi connectivity index (χ2v) is 7.97. The summed E-state index contributed by atoms with van der Waals surface area (Å²) in [5.41, 5.74) is 3.32. The predicted octanol–water partition coefficient (Wildman–Crippen LogP) is 5.43. The van der Waals surface area contributed by atoms with Gasteiger partial charge in [-0.05, 0) is 55.7 Å². The van der Waals surface area contributed by atoms with Gasteiger partial charge in [0.15, 0.2) is 6.10 Å². The minimum absolute atomic E-state index is 0.110. The summed E-state index contributed by atoms with van der Waals surface area (Å²) < 4.78 is 5.79. The number of hydrogen-bond donors (Lipinski definition) is 1. The van der Waals surface area contributed by atoms with Crippen LogP contribution < -0.4 is 10.1 Å². The number of amides is 1. The smallest absolute Gasteiger partial charge is 0.260 e. The van der Waals surface area contributed by atoms with Crippen LogP contribution in [0.15, 0.2) is 36.4 Å². The average Bonchev–Trinajstić information content (AvgIpc) is 2.61. The average molecular weight is 412 g/mol. The minimum atomic E-state index is -0.532. The molecule has 1 atom stereocenters. The molecule has 2 aromatic carbocycles. The number of ether oxygens (including phenoxy) is 1. The third-order valence-electron chi connectivity index (χ3n) is 4.03. The summed E-state index contributed by atoms with van der Waals surface area (Å²) in [5.74, 6) is 2.27. The van der Waals surface area contributed by atoms with E-state index in [4.69, 9.17) is 27.9 Å². The van der Waals surface area contributed by atoms with E-state index in [-0.39, 0.29) is 5.91 Å². The zero-order chi connectivity index (χ0) is 19.1. The summed E-state index contributed by atoms with van der Waals surface area (Å²) in [6, 6.07) is 11.5. The van der Waals surface area contributed by atoms with Crippen LogP contribution in [0.25, 0.3) is 0 Å². The molecule has 0 aliphatic carbocycles. The molecule has 0 bridgehead atoms. The highest BCUT2D eigenvalue weighted by Gasteiger charge is 2.15. The lowest BCUT2D eigenvalue weighted by Gasteiger charge is -2.17. The van der Waals surface area contributed by atoms with Gasteiger partial charge in [0, 0.05) is 18.1 Å². The fourth-order valence-electron chi connectivity index (χ4n) is 2.31. The topological polar surface area (TPSA) is 38.3 Å². The predicted molar refractivity (Wildman–Crippen MR) is 112 cm³/mol. The number of aryl methyl sites for hydroxylation is 1. The summed E-state index contributed by atoms with van der Waals surface area (Å²) >= 11 is 13.6. The largest absolute Gasteiger partial charge is 0.481 e. The Balaban J connectivity index is 1.71. The Morgan fingerprint density at radius 3 is 2.69 bits per heavy atom. The first-order valence-corrected chi connectivity index (χ1v) is 10.3. The van der Waals surface area contributed by atoms with Crippen molar-refractivity contribution in [3.63, 3.8) is 0 Å². The van der Waals surface area contributed by atoms with Gasteiger partial charge in [-0.15, -0.1) is 0 Å². The van der Waals surface area contributed by atoms with Crippen LogP contribution in [0.4, 0.5) is 0 Å². The number of hydrogen-bond acceptors (Lipinski definition) is 3. The summed E-state index contributed by atoms with van der Waals surface area (Å²) in [5, 5.41) is 4.04. The number of carbonyl (C=O) groups excluding carboxylic acids is 1. The van der Waals surface area contributed by atoms with E-state index in [1.807, 2.05) is 44.2 Å². The van der Waals surface area contributed by atoms with Crippen LogP contribution in [0.5, 0.6) is 5.75 Å². The van der Waals surface area contributed by atoms with E-state index in [1.54, 1.807) is 24.8 Å². The second kappa shape index (κ2) is 10.1. The molecule has 2 rings (SSSR count). The maximum Gasteiger partial charge on any atom is 0.260 e. The van der Waals surface area contributed by atoms with Gasteiger partial charge in [0.25, 0.3) is 5.91 Å². The van der Waals surface area contributed by atoms with E-state index >= 15 is 0 Å². The molecule has 0 radical (unpaired) electrons. The van der Waals surface area contributed by atoms with Gasteiger partial charge in [0.05, 0.1) is 10.0 Å². The monoisotopic (exact) mass is 411 g/mol. The van der Waals surface area contributed by atoms with E-state index in [9.17, 15) is 4.79 Å². The molecule has 0 aliphatic rings. The molecular formula is C20H23Cl2NO2S. The molecule has 0 aliphatic heterocycles. The van der Waals surface area contributed by atoms with Crippen LogP contribution >= 0.6 is 35.0 Å². The minimum Gasteiger partial charge on any atom is -0.481 e. The number of thioether (sulfide) groups is 1. The third-order valence-corrected chi connectivity index (χ3v) is 5.80. The molecule has 1 amide bonds. The Hall–Kier alpha value is -1.36. The van der Waals surface area contributed by atoms with Crippen molar-refractivity contribution in [2.24, 2.45) is 0 Å². The van der Waals surface area contributed by atoms with Gasteiger partial charge in [-0.3, -0.25) is 4.79 Å². The lowest BCUT2D eigenvalue weighted by molar-refractivity contribution is -0.127. The molecule has 2 aromatic rings. The van der Waals surface area contributed by atoms with Crippen LogP contribution in [-0.2, 0) is 10.5 Å². The number of benzene rings is 2. The molecule has 3 nitrogen and oxygen atoms in total. The Kier molecular flexibility index (Phi) is 8.14. The molecule has 0 spiro atoms. The summed E-state index contributed by atoms with van der Waals surface area (Å²) in [6.07, 6.45) is -0.532. The zero-order valence-electron chi connectivity index (χ0n) is 15.1. The number of carbonyl (C=O) groups is 1. The highest BCUT2D eigenvalue weighted by molar-refractivity contribution is 7.98. The Labute approximate surface area is 169 Å². The van der Waals surface area contributed by atoms with Crippen LogP contribution in [0.3, 0.4) is 0 Å². The highest BCUT2D eigenvalue weighted by Crippen LogP contribution is 2.24. The normalized spacial score (nSPS) is 11.9. The molecule has 0 heterocycles. The SMILES string of the molecule is Cc1cccc(OC(C)C(=O)NCCSCc2ccc(Cl)c(Cl)c2)c1C. The third kappa shape index (κ3) is 6.11. The molecule has 0 fully saturated rings. The Morgan fingerprint density at radius 1 is 1.19 bits per heavy atom. The quantitative estimate of drug-likeness (QED) is 0.588. The number of nitrogens with one attached hydrogen (secondary N) is 1. The van der Waals surface area contributed by atoms with Crippen molar-refractivity contribution >= 4 is 40.9 Å². The molecule has 140 valence electrons. The van der Waals surface area contributed by atoms with Gasteiger partial charge in [0.2, 0.25) is 0 Å². The Morgan fingerprint density at radius 2 is 1.96 bits per heavy atom. The van der Waals surface area contributed by atoms with Gasteiger partial charge in [-0.2, -0.15) is 11.8 Å². The fourth-order valence-corrected chi connectivity index (χ4v) is 3.43. The van der Waals surface area contributed by atoms with Crippen molar-refractivity contribution in [3.8, 4) is 5.75 Å². The molecule has 1 unspecified atom stereocenters. The molecule has 0 saturated carbocycles. The molecule has 0 aromatic heterocycles. The van der Waals surface area contributed by atoms with E-state index in [1.165, 1.54) is 0 Å². The lowest BCUT2D eigenvalue weighted by Crippen LogP contribution is -2.37. The van der Waals surface area contributed by atoms with E-state index in [0.29, 0.717) is 16.6 Å². The lowest BCUT2D eigenvalue weighted by atomic mass is 10.1. The van der Waals surface area contributed by atoms with Crippen LogP contribution in [-0.4, -0.2) is 24.3 Å². The van der Waals surface area contributed by atoms with Crippen LogP contribution in [0.2, 0.25) is 10.0 Å². The maximum absolute atomic E-state index is 12.2. The van der Waals surface area contributed by atoms with Crippen LogP contribution in [0.1, 0.15) is 23.6 Å². The van der Waals surface area contributed by atoms with E-state index in [0.717, 1.165) is 33.9 Å². The number of rotatable bonds is 8. The summed E-state index contributed by atoms with van der Waals surface area (Å²) in [4.78, 5) is 12.2. The standard InChI is InChI=1S/C20H23Cl2NO2S/c1-13-5-4-6-19(14(13)2)25-15(3)20(24)23-9-10-26-12-16-7-8-17(21)18(22)11-16/h4-8,11,15H,9-10,12H2,1-3H3,(H,23,24). The van der Waals surface area contributed by atoms with Gasteiger partial charge >= 0.3 is 0 Å². The summed E-state index contributed by atoms with van der Waals surface area (Å²) in [6.45, 7) is 6.37. The van der Waals surface area contributed by atoms with Crippen LogP contribution in [0, 0.1) is 13.8 Å². The molecule has 0 saturated heterocycles. The van der Waals surface area contributed by atoms with Gasteiger partial charge in [-0.25, -0.2) is 0 Å². The first-order chi connectivity index (χ1) is 12.4. The van der Waals surface area contributed by atoms with E-state index in [2.05, 4.69) is 5.32 Å². The Bertz CT molecular complexity index is 767.